The first-order valence-electron chi connectivity index (χ1n) is 4.91. The lowest BCUT2D eigenvalue weighted by atomic mass is 10.4. The highest BCUT2D eigenvalue weighted by Gasteiger charge is 2.08. The van der Waals surface area contributed by atoms with E-state index in [9.17, 15) is 0 Å². The van der Waals surface area contributed by atoms with E-state index in [-0.39, 0.29) is 11.3 Å². The normalized spacial score (nSPS) is 12.6. The molecule has 0 bridgehead atoms. The van der Waals surface area contributed by atoms with Gasteiger partial charge >= 0.3 is 0 Å². The topological polar surface area (TPSA) is 34.1 Å². The third-order valence-electron chi connectivity index (χ3n) is 1.89. The number of aromatic nitrogens is 1. The van der Waals surface area contributed by atoms with E-state index in [0.717, 1.165) is 0 Å². The molecule has 6 heteroatoms. The molecule has 0 amide bonds. The molecule has 1 unspecified atom stereocenters. The summed E-state index contributed by atoms with van der Waals surface area (Å²) in [4.78, 5) is 4.04. The van der Waals surface area contributed by atoms with Crippen molar-refractivity contribution >= 4 is 40.6 Å². The van der Waals surface area contributed by atoms with E-state index in [1.165, 1.54) is 0 Å². The summed E-state index contributed by atoms with van der Waals surface area (Å²) in [6, 6.07) is 1.56. The predicted molar refractivity (Wildman–Crippen MR) is 68.8 cm³/mol. The molecular formula is C10H13Cl3N2O. The molecule has 16 heavy (non-hydrogen) atoms. The molecular weight excluding hydrogens is 270 g/mol. The van der Waals surface area contributed by atoms with Crippen LogP contribution in [-0.2, 0) is 4.74 Å². The van der Waals surface area contributed by atoms with E-state index in [1.807, 2.05) is 13.8 Å². The van der Waals surface area contributed by atoms with E-state index < -0.39 is 0 Å². The summed E-state index contributed by atoms with van der Waals surface area (Å²) in [5.41, 5.74) is 0. The number of nitrogens with one attached hydrogen (secondary N) is 1. The van der Waals surface area contributed by atoms with Gasteiger partial charge in [-0.1, -0.05) is 34.8 Å². The second-order valence-corrected chi connectivity index (χ2v) is 4.41. The van der Waals surface area contributed by atoms with Crippen molar-refractivity contribution in [2.45, 2.75) is 20.0 Å². The highest BCUT2D eigenvalue weighted by molar-refractivity contribution is 6.42. The van der Waals surface area contributed by atoms with E-state index in [1.54, 1.807) is 6.07 Å². The van der Waals surface area contributed by atoms with Gasteiger partial charge in [0.15, 0.2) is 0 Å². The smallest absolute Gasteiger partial charge is 0.150 e. The first-order valence-corrected chi connectivity index (χ1v) is 6.05. The van der Waals surface area contributed by atoms with Crippen LogP contribution in [0.2, 0.25) is 15.2 Å². The van der Waals surface area contributed by atoms with Gasteiger partial charge in [-0.15, -0.1) is 0 Å². The zero-order chi connectivity index (χ0) is 12.1. The largest absolute Gasteiger partial charge is 0.377 e. The molecule has 0 aliphatic rings. The molecule has 0 aliphatic carbocycles. The van der Waals surface area contributed by atoms with E-state index >= 15 is 0 Å². The van der Waals surface area contributed by atoms with Crippen LogP contribution in [0, 0.1) is 0 Å². The second kappa shape index (κ2) is 6.50. The van der Waals surface area contributed by atoms with Gasteiger partial charge in [-0.3, -0.25) is 0 Å². The summed E-state index contributed by atoms with van der Waals surface area (Å²) >= 11 is 17.5. The van der Waals surface area contributed by atoms with Crippen molar-refractivity contribution in [3.05, 3.63) is 21.3 Å². The highest BCUT2D eigenvalue weighted by atomic mass is 35.5. The van der Waals surface area contributed by atoms with Gasteiger partial charge in [0.1, 0.15) is 11.0 Å². The average Bonchev–Trinajstić information content (AvgIpc) is 2.22. The van der Waals surface area contributed by atoms with Gasteiger partial charge in [0, 0.05) is 13.2 Å². The lowest BCUT2D eigenvalue weighted by molar-refractivity contribution is 0.0855. The van der Waals surface area contributed by atoms with E-state index in [2.05, 4.69) is 10.3 Å². The first-order chi connectivity index (χ1) is 7.54. The Balaban J connectivity index is 2.63. The van der Waals surface area contributed by atoms with Crippen molar-refractivity contribution in [1.82, 2.24) is 4.98 Å². The minimum absolute atomic E-state index is 0.0809. The number of ether oxygens (including phenoxy) is 1. The highest BCUT2D eigenvalue weighted by Crippen LogP contribution is 2.28. The monoisotopic (exact) mass is 282 g/mol. The maximum Gasteiger partial charge on any atom is 0.150 e. The van der Waals surface area contributed by atoms with Gasteiger partial charge in [0.2, 0.25) is 0 Å². The van der Waals surface area contributed by atoms with Crippen LogP contribution in [0.4, 0.5) is 5.82 Å². The molecule has 1 rings (SSSR count). The van der Waals surface area contributed by atoms with Crippen molar-refractivity contribution in [2.24, 2.45) is 0 Å². The van der Waals surface area contributed by atoms with E-state index in [4.69, 9.17) is 39.5 Å². The van der Waals surface area contributed by atoms with E-state index in [0.29, 0.717) is 29.0 Å². The second-order valence-electron chi connectivity index (χ2n) is 3.24. The summed E-state index contributed by atoms with van der Waals surface area (Å²) in [5.74, 6) is 0.516. The average molecular weight is 284 g/mol. The molecule has 0 spiro atoms. The van der Waals surface area contributed by atoms with Crippen LogP contribution in [0.5, 0.6) is 0 Å². The molecule has 1 heterocycles. The van der Waals surface area contributed by atoms with Crippen LogP contribution in [0.1, 0.15) is 13.8 Å². The third kappa shape index (κ3) is 3.98. The Kier molecular flexibility index (Phi) is 5.62. The fraction of sp³-hybridized carbons (Fsp3) is 0.500. The molecule has 1 aromatic rings. The lowest BCUT2D eigenvalue weighted by Gasteiger charge is -2.14. The van der Waals surface area contributed by atoms with Crippen LogP contribution < -0.4 is 5.32 Å². The van der Waals surface area contributed by atoms with Gasteiger partial charge in [-0.25, -0.2) is 4.98 Å². The van der Waals surface area contributed by atoms with Crippen molar-refractivity contribution < 1.29 is 4.74 Å². The Morgan fingerprint density at radius 2 is 2.06 bits per heavy atom. The molecule has 0 aromatic carbocycles. The Morgan fingerprint density at radius 3 is 2.69 bits per heavy atom. The predicted octanol–water partition coefficient (Wildman–Crippen LogP) is 3.88. The van der Waals surface area contributed by atoms with Gasteiger partial charge in [-0.05, 0) is 19.9 Å². The zero-order valence-corrected chi connectivity index (χ0v) is 11.3. The summed E-state index contributed by atoms with van der Waals surface area (Å²) in [6.07, 6.45) is 0.0809. The Labute approximate surface area is 110 Å². The molecule has 0 fully saturated rings. The van der Waals surface area contributed by atoms with Crippen LogP contribution in [0.25, 0.3) is 0 Å². The van der Waals surface area contributed by atoms with Gasteiger partial charge < -0.3 is 10.1 Å². The minimum Gasteiger partial charge on any atom is -0.377 e. The number of hydrogen-bond acceptors (Lipinski definition) is 3. The van der Waals surface area contributed by atoms with Crippen molar-refractivity contribution in [3.63, 3.8) is 0 Å². The van der Waals surface area contributed by atoms with Gasteiger partial charge in [0.25, 0.3) is 0 Å². The van der Waals surface area contributed by atoms with Crippen molar-refractivity contribution in [1.29, 1.82) is 0 Å². The number of halogens is 3. The maximum absolute atomic E-state index is 5.95. The SMILES string of the molecule is CCOC(C)CNc1nc(Cl)c(Cl)cc1Cl. The summed E-state index contributed by atoms with van der Waals surface area (Å²) < 4.78 is 5.36. The number of anilines is 1. The summed E-state index contributed by atoms with van der Waals surface area (Å²) in [5, 5.41) is 4.07. The Bertz CT molecular complexity index is 360. The van der Waals surface area contributed by atoms with Crippen LogP contribution in [0.15, 0.2) is 6.07 Å². The van der Waals surface area contributed by atoms with Crippen LogP contribution >= 0.6 is 34.8 Å². The molecule has 1 aromatic heterocycles. The molecule has 3 nitrogen and oxygen atoms in total. The minimum atomic E-state index is 0.0809. The number of pyridine rings is 1. The zero-order valence-electron chi connectivity index (χ0n) is 9.06. The molecule has 1 atom stereocenters. The van der Waals surface area contributed by atoms with Crippen LogP contribution in [0.3, 0.4) is 0 Å². The van der Waals surface area contributed by atoms with Gasteiger partial charge in [-0.2, -0.15) is 0 Å². The quantitative estimate of drug-likeness (QED) is 0.833. The van der Waals surface area contributed by atoms with Gasteiger partial charge in [0.05, 0.1) is 16.1 Å². The Hall–Kier alpha value is -0.220. The first kappa shape index (κ1) is 13.8. The van der Waals surface area contributed by atoms with Crippen LogP contribution in [-0.4, -0.2) is 24.2 Å². The summed E-state index contributed by atoms with van der Waals surface area (Å²) in [6.45, 7) is 5.19. The number of nitrogens with zero attached hydrogens (tertiary/aromatic N) is 1. The molecule has 90 valence electrons. The molecule has 0 saturated carbocycles. The maximum atomic E-state index is 5.95. The molecule has 0 radical (unpaired) electrons. The van der Waals surface area contributed by atoms with Crippen molar-refractivity contribution in [3.8, 4) is 0 Å². The summed E-state index contributed by atoms with van der Waals surface area (Å²) in [7, 11) is 0. The molecule has 0 aliphatic heterocycles. The molecule has 1 N–H and O–H groups in total. The number of hydrogen-bond donors (Lipinski definition) is 1. The standard InChI is InChI=1S/C10H13Cl3N2O/c1-3-16-6(2)5-14-10-8(12)4-7(11)9(13)15-10/h4,6H,3,5H2,1-2H3,(H,14,15). The molecule has 0 saturated heterocycles. The lowest BCUT2D eigenvalue weighted by Crippen LogP contribution is -2.20. The fourth-order valence-corrected chi connectivity index (χ4v) is 1.72. The Morgan fingerprint density at radius 1 is 1.38 bits per heavy atom. The number of rotatable bonds is 5. The fourth-order valence-electron chi connectivity index (χ4n) is 1.15. The van der Waals surface area contributed by atoms with Crippen molar-refractivity contribution in [2.75, 3.05) is 18.5 Å². The third-order valence-corrected chi connectivity index (χ3v) is 2.86.